The average molecular weight is 260 g/mol. The number of nitrogens with zero attached hydrogens (tertiary/aromatic N) is 3. The van der Waals surface area contributed by atoms with E-state index in [1.165, 1.54) is 0 Å². The van der Waals surface area contributed by atoms with Crippen LogP contribution in [-0.4, -0.2) is 34.3 Å². The van der Waals surface area contributed by atoms with Gasteiger partial charge in [0, 0.05) is 31.7 Å². The van der Waals surface area contributed by atoms with Gasteiger partial charge >= 0.3 is 0 Å². The lowest BCUT2D eigenvalue weighted by molar-refractivity contribution is 0.0958. The summed E-state index contributed by atoms with van der Waals surface area (Å²) in [6, 6.07) is 3.51. The molecule has 2 aromatic rings. The standard InChI is InChI=1S/C12H16N6O/c1-14-12(19)11-6-10(2-3-16-11)15-4-5-18-8-9(13)7-17-18/h2-3,6-8H,4-5,13H2,1H3,(H,14,19)(H,15,16). The summed E-state index contributed by atoms with van der Waals surface area (Å²) in [4.78, 5) is 15.4. The first kappa shape index (κ1) is 12.9. The second-order valence-corrected chi connectivity index (χ2v) is 3.97. The zero-order chi connectivity index (χ0) is 13.7. The molecule has 7 nitrogen and oxygen atoms in total. The highest BCUT2D eigenvalue weighted by Crippen LogP contribution is 2.07. The lowest BCUT2D eigenvalue weighted by Gasteiger charge is -2.07. The third-order valence-electron chi connectivity index (χ3n) is 2.54. The number of hydrogen-bond acceptors (Lipinski definition) is 5. The molecule has 100 valence electrons. The normalized spacial score (nSPS) is 10.2. The smallest absolute Gasteiger partial charge is 0.269 e. The Labute approximate surface area is 110 Å². The minimum atomic E-state index is -0.205. The van der Waals surface area contributed by atoms with Crippen LogP contribution in [0.4, 0.5) is 11.4 Å². The average Bonchev–Trinajstić information content (AvgIpc) is 2.84. The molecule has 0 bridgehead atoms. The summed E-state index contributed by atoms with van der Waals surface area (Å²) in [5.41, 5.74) is 7.44. The summed E-state index contributed by atoms with van der Waals surface area (Å²) >= 11 is 0. The van der Waals surface area contributed by atoms with Gasteiger partial charge in [-0.05, 0) is 12.1 Å². The number of carbonyl (C=O) groups is 1. The summed E-state index contributed by atoms with van der Waals surface area (Å²) in [7, 11) is 1.58. The summed E-state index contributed by atoms with van der Waals surface area (Å²) in [5, 5.41) is 9.82. The highest BCUT2D eigenvalue weighted by atomic mass is 16.1. The van der Waals surface area contributed by atoms with Crippen LogP contribution in [0.5, 0.6) is 0 Å². The van der Waals surface area contributed by atoms with Gasteiger partial charge in [-0.15, -0.1) is 0 Å². The lowest BCUT2D eigenvalue weighted by Crippen LogP contribution is -2.19. The van der Waals surface area contributed by atoms with Crippen LogP contribution >= 0.6 is 0 Å². The third kappa shape index (κ3) is 3.44. The number of nitrogens with two attached hydrogens (primary N) is 1. The summed E-state index contributed by atoms with van der Waals surface area (Å²) in [6.45, 7) is 1.37. The Morgan fingerprint density at radius 1 is 1.53 bits per heavy atom. The van der Waals surface area contributed by atoms with Crippen molar-refractivity contribution in [3.8, 4) is 0 Å². The molecule has 0 atom stereocenters. The Balaban J connectivity index is 1.90. The molecule has 0 aliphatic heterocycles. The minimum absolute atomic E-state index is 0.205. The number of rotatable bonds is 5. The van der Waals surface area contributed by atoms with Gasteiger partial charge in [0.2, 0.25) is 0 Å². The van der Waals surface area contributed by atoms with Crippen LogP contribution in [-0.2, 0) is 6.54 Å². The first-order valence-electron chi connectivity index (χ1n) is 5.89. The minimum Gasteiger partial charge on any atom is -0.396 e. The van der Waals surface area contributed by atoms with Gasteiger partial charge in [-0.25, -0.2) is 0 Å². The van der Waals surface area contributed by atoms with E-state index in [-0.39, 0.29) is 5.91 Å². The van der Waals surface area contributed by atoms with Gasteiger partial charge in [0.25, 0.3) is 5.91 Å². The largest absolute Gasteiger partial charge is 0.396 e. The molecule has 0 spiro atoms. The van der Waals surface area contributed by atoms with Crippen molar-refractivity contribution in [1.82, 2.24) is 20.1 Å². The van der Waals surface area contributed by atoms with E-state index >= 15 is 0 Å². The van der Waals surface area contributed by atoms with E-state index in [0.717, 1.165) is 5.69 Å². The van der Waals surface area contributed by atoms with Crippen molar-refractivity contribution in [3.63, 3.8) is 0 Å². The molecule has 7 heteroatoms. The third-order valence-corrected chi connectivity index (χ3v) is 2.54. The number of carbonyl (C=O) groups excluding carboxylic acids is 1. The molecule has 1 amide bonds. The highest BCUT2D eigenvalue weighted by molar-refractivity contribution is 5.92. The van der Waals surface area contributed by atoms with Gasteiger partial charge in [0.05, 0.1) is 18.4 Å². The van der Waals surface area contributed by atoms with Crippen LogP contribution < -0.4 is 16.4 Å². The first-order valence-corrected chi connectivity index (χ1v) is 5.89. The van der Waals surface area contributed by atoms with Crippen molar-refractivity contribution < 1.29 is 4.79 Å². The van der Waals surface area contributed by atoms with Gasteiger partial charge in [0.1, 0.15) is 5.69 Å². The number of nitrogens with one attached hydrogen (secondary N) is 2. The fourth-order valence-corrected chi connectivity index (χ4v) is 1.61. The van der Waals surface area contributed by atoms with E-state index in [2.05, 4.69) is 20.7 Å². The van der Waals surface area contributed by atoms with Crippen LogP contribution in [0.1, 0.15) is 10.5 Å². The second-order valence-electron chi connectivity index (χ2n) is 3.97. The molecule has 4 N–H and O–H groups in total. The summed E-state index contributed by atoms with van der Waals surface area (Å²) in [5.74, 6) is -0.205. The van der Waals surface area contributed by atoms with Gasteiger partial charge in [-0.3, -0.25) is 14.5 Å². The van der Waals surface area contributed by atoms with Crippen LogP contribution in [0, 0.1) is 0 Å². The molecule has 2 aromatic heterocycles. The summed E-state index contributed by atoms with van der Waals surface area (Å²) < 4.78 is 1.75. The topological polar surface area (TPSA) is 97.9 Å². The molecule has 0 fully saturated rings. The number of hydrogen-bond donors (Lipinski definition) is 3. The van der Waals surface area contributed by atoms with Gasteiger partial charge in [-0.2, -0.15) is 5.10 Å². The fourth-order valence-electron chi connectivity index (χ4n) is 1.61. The number of pyridine rings is 1. The van der Waals surface area contributed by atoms with Crippen molar-refractivity contribution in [2.24, 2.45) is 0 Å². The molecular weight excluding hydrogens is 244 g/mol. The van der Waals surface area contributed by atoms with Crippen molar-refractivity contribution >= 4 is 17.3 Å². The quantitative estimate of drug-likeness (QED) is 0.719. The fraction of sp³-hybridized carbons (Fsp3) is 0.250. The second kappa shape index (κ2) is 5.85. The maximum absolute atomic E-state index is 11.4. The van der Waals surface area contributed by atoms with E-state index < -0.39 is 0 Å². The molecule has 0 radical (unpaired) electrons. The van der Waals surface area contributed by atoms with E-state index in [1.807, 2.05) is 6.07 Å². The first-order chi connectivity index (χ1) is 9.19. The molecule has 0 aromatic carbocycles. The van der Waals surface area contributed by atoms with Crippen LogP contribution in [0.25, 0.3) is 0 Å². The van der Waals surface area contributed by atoms with E-state index in [1.54, 1.807) is 36.4 Å². The Morgan fingerprint density at radius 3 is 3.05 bits per heavy atom. The van der Waals surface area contributed by atoms with E-state index in [4.69, 9.17) is 5.73 Å². The Bertz CT molecular complexity index is 565. The van der Waals surface area contributed by atoms with E-state index in [9.17, 15) is 4.79 Å². The van der Waals surface area contributed by atoms with Crippen LogP contribution in [0.3, 0.4) is 0 Å². The lowest BCUT2D eigenvalue weighted by atomic mass is 10.3. The zero-order valence-corrected chi connectivity index (χ0v) is 10.6. The van der Waals surface area contributed by atoms with Crippen LogP contribution in [0.2, 0.25) is 0 Å². The van der Waals surface area contributed by atoms with Crippen molar-refractivity contribution in [3.05, 3.63) is 36.4 Å². The zero-order valence-electron chi connectivity index (χ0n) is 10.6. The molecule has 0 saturated heterocycles. The number of nitrogen functional groups attached to an aromatic ring is 1. The molecule has 0 saturated carbocycles. The number of amides is 1. The SMILES string of the molecule is CNC(=O)c1cc(NCCn2cc(N)cn2)ccn1. The monoisotopic (exact) mass is 260 g/mol. The molecule has 19 heavy (non-hydrogen) atoms. The molecule has 0 unspecified atom stereocenters. The molecule has 0 aliphatic carbocycles. The van der Waals surface area contributed by atoms with Crippen molar-refractivity contribution in [1.29, 1.82) is 0 Å². The predicted molar refractivity (Wildman–Crippen MR) is 72.8 cm³/mol. The van der Waals surface area contributed by atoms with Gasteiger partial charge < -0.3 is 16.4 Å². The Morgan fingerprint density at radius 2 is 2.37 bits per heavy atom. The molecular formula is C12H16N6O. The predicted octanol–water partition coefficient (Wildman–Crippen LogP) is 0.332. The van der Waals surface area contributed by atoms with Crippen molar-refractivity contribution in [2.75, 3.05) is 24.6 Å². The summed E-state index contributed by atoms with van der Waals surface area (Å²) in [6.07, 6.45) is 4.97. The molecule has 2 rings (SSSR count). The van der Waals surface area contributed by atoms with Crippen molar-refractivity contribution in [2.45, 2.75) is 6.54 Å². The number of aromatic nitrogens is 3. The maximum atomic E-state index is 11.4. The Hall–Kier alpha value is -2.57. The van der Waals surface area contributed by atoms with E-state index in [0.29, 0.717) is 24.5 Å². The van der Waals surface area contributed by atoms with Crippen LogP contribution in [0.15, 0.2) is 30.7 Å². The Kier molecular flexibility index (Phi) is 3.97. The van der Waals surface area contributed by atoms with Gasteiger partial charge in [0.15, 0.2) is 0 Å². The highest BCUT2D eigenvalue weighted by Gasteiger charge is 2.04. The van der Waals surface area contributed by atoms with Gasteiger partial charge in [-0.1, -0.05) is 0 Å². The number of anilines is 2. The molecule has 2 heterocycles. The maximum Gasteiger partial charge on any atom is 0.269 e. The molecule has 0 aliphatic rings.